The van der Waals surface area contributed by atoms with Crippen LogP contribution in [0.1, 0.15) is 32.7 Å². The standard InChI is InChI=1S/C16H19N3O2/c1-9-6-7-13(10(2)8-9)19(5)15-14(16(20)21)11(3)12(4)17-18-15/h6-8H,1-5H3,(H,20,21). The minimum absolute atomic E-state index is 0.199. The van der Waals surface area contributed by atoms with Crippen LogP contribution in [-0.2, 0) is 0 Å². The highest BCUT2D eigenvalue weighted by Crippen LogP contribution is 2.30. The van der Waals surface area contributed by atoms with E-state index in [1.807, 2.05) is 33.0 Å². The predicted octanol–water partition coefficient (Wildman–Crippen LogP) is 3.18. The van der Waals surface area contributed by atoms with E-state index in [2.05, 4.69) is 16.3 Å². The SMILES string of the molecule is Cc1ccc(N(C)c2nnc(C)c(C)c2C(=O)O)c(C)c1. The van der Waals surface area contributed by atoms with Crippen molar-refractivity contribution in [1.29, 1.82) is 0 Å². The van der Waals surface area contributed by atoms with Crippen LogP contribution in [0.4, 0.5) is 11.5 Å². The number of carboxylic acid groups (broad SMARTS) is 1. The van der Waals surface area contributed by atoms with Crippen molar-refractivity contribution in [2.45, 2.75) is 27.7 Å². The van der Waals surface area contributed by atoms with Gasteiger partial charge in [0, 0.05) is 12.7 Å². The third kappa shape index (κ3) is 2.72. The van der Waals surface area contributed by atoms with Crippen molar-refractivity contribution in [1.82, 2.24) is 10.2 Å². The predicted molar refractivity (Wildman–Crippen MR) is 82.4 cm³/mol. The molecule has 1 N–H and O–H groups in total. The Hall–Kier alpha value is -2.43. The van der Waals surface area contributed by atoms with Gasteiger partial charge in [0.25, 0.3) is 0 Å². The number of carbonyl (C=O) groups is 1. The average Bonchev–Trinajstić information content (AvgIpc) is 2.40. The Bertz CT molecular complexity index is 711. The van der Waals surface area contributed by atoms with Crippen LogP contribution in [0.25, 0.3) is 0 Å². The number of nitrogens with zero attached hydrogens (tertiary/aromatic N) is 3. The topological polar surface area (TPSA) is 66.3 Å². The van der Waals surface area contributed by atoms with E-state index in [9.17, 15) is 9.90 Å². The van der Waals surface area contributed by atoms with Gasteiger partial charge < -0.3 is 10.0 Å². The third-order valence-electron chi connectivity index (χ3n) is 3.68. The van der Waals surface area contributed by atoms with E-state index in [1.54, 1.807) is 18.7 Å². The molecule has 0 saturated carbocycles. The second-order valence-electron chi connectivity index (χ2n) is 5.26. The molecule has 5 nitrogen and oxygen atoms in total. The van der Waals surface area contributed by atoms with E-state index in [0.717, 1.165) is 16.8 Å². The minimum atomic E-state index is -0.989. The van der Waals surface area contributed by atoms with Crippen LogP contribution in [0.3, 0.4) is 0 Å². The third-order valence-corrected chi connectivity index (χ3v) is 3.68. The fraction of sp³-hybridized carbons (Fsp3) is 0.312. The summed E-state index contributed by atoms with van der Waals surface area (Å²) in [7, 11) is 1.81. The fourth-order valence-electron chi connectivity index (χ4n) is 2.38. The summed E-state index contributed by atoms with van der Waals surface area (Å²) in [5, 5.41) is 17.6. The molecule has 0 bridgehead atoms. The summed E-state index contributed by atoms with van der Waals surface area (Å²) in [5.41, 5.74) is 4.61. The molecule has 5 heteroatoms. The summed E-state index contributed by atoms with van der Waals surface area (Å²) in [6.07, 6.45) is 0. The Kier molecular flexibility index (Phi) is 3.93. The van der Waals surface area contributed by atoms with Gasteiger partial charge >= 0.3 is 5.97 Å². The monoisotopic (exact) mass is 285 g/mol. The second-order valence-corrected chi connectivity index (χ2v) is 5.26. The maximum atomic E-state index is 11.6. The summed E-state index contributed by atoms with van der Waals surface area (Å²) in [6.45, 7) is 7.53. The molecule has 0 spiro atoms. The summed E-state index contributed by atoms with van der Waals surface area (Å²) in [6, 6.07) is 6.02. The lowest BCUT2D eigenvalue weighted by Gasteiger charge is -2.23. The lowest BCUT2D eigenvalue weighted by molar-refractivity contribution is 0.0696. The number of rotatable bonds is 3. The van der Waals surface area contributed by atoms with Gasteiger partial charge in [0.15, 0.2) is 5.82 Å². The second kappa shape index (κ2) is 5.52. The van der Waals surface area contributed by atoms with Gasteiger partial charge in [-0.15, -0.1) is 5.10 Å². The Morgan fingerprint density at radius 1 is 1.14 bits per heavy atom. The molecule has 0 amide bonds. The van der Waals surface area contributed by atoms with Crippen molar-refractivity contribution in [2.75, 3.05) is 11.9 Å². The molecule has 1 aromatic carbocycles. The van der Waals surface area contributed by atoms with Crippen LogP contribution in [0, 0.1) is 27.7 Å². The molecule has 2 rings (SSSR count). The zero-order valence-corrected chi connectivity index (χ0v) is 12.9. The molecular weight excluding hydrogens is 266 g/mol. The molecule has 0 saturated heterocycles. The number of aromatic carboxylic acids is 1. The largest absolute Gasteiger partial charge is 0.478 e. The lowest BCUT2D eigenvalue weighted by Crippen LogP contribution is -2.19. The van der Waals surface area contributed by atoms with Crippen molar-refractivity contribution in [2.24, 2.45) is 0 Å². The summed E-state index contributed by atoms with van der Waals surface area (Å²) in [4.78, 5) is 13.4. The molecule has 0 atom stereocenters. The van der Waals surface area contributed by atoms with Gasteiger partial charge in [-0.05, 0) is 44.9 Å². The van der Waals surface area contributed by atoms with E-state index in [0.29, 0.717) is 17.1 Å². The van der Waals surface area contributed by atoms with Crippen molar-refractivity contribution < 1.29 is 9.90 Å². The number of hydrogen-bond acceptors (Lipinski definition) is 4. The number of anilines is 2. The maximum Gasteiger partial charge on any atom is 0.339 e. The molecular formula is C16H19N3O2. The maximum absolute atomic E-state index is 11.6. The van der Waals surface area contributed by atoms with Crippen LogP contribution in [0.5, 0.6) is 0 Å². The summed E-state index contributed by atoms with van der Waals surface area (Å²) in [5.74, 6) is -0.630. The number of aromatic nitrogens is 2. The highest BCUT2D eigenvalue weighted by atomic mass is 16.4. The molecule has 21 heavy (non-hydrogen) atoms. The normalized spacial score (nSPS) is 10.5. The molecule has 0 unspecified atom stereocenters. The first-order valence-corrected chi connectivity index (χ1v) is 6.71. The highest BCUT2D eigenvalue weighted by molar-refractivity contribution is 5.96. The van der Waals surface area contributed by atoms with E-state index in [-0.39, 0.29) is 5.56 Å². The van der Waals surface area contributed by atoms with Crippen molar-refractivity contribution in [3.8, 4) is 0 Å². The molecule has 1 heterocycles. The van der Waals surface area contributed by atoms with Crippen LogP contribution >= 0.6 is 0 Å². The highest BCUT2D eigenvalue weighted by Gasteiger charge is 2.21. The van der Waals surface area contributed by atoms with E-state index in [4.69, 9.17) is 0 Å². The van der Waals surface area contributed by atoms with Gasteiger partial charge in [0.1, 0.15) is 5.56 Å². The van der Waals surface area contributed by atoms with E-state index >= 15 is 0 Å². The van der Waals surface area contributed by atoms with Gasteiger partial charge in [-0.1, -0.05) is 17.7 Å². The number of hydrogen-bond donors (Lipinski definition) is 1. The molecule has 2 aromatic rings. The smallest absolute Gasteiger partial charge is 0.339 e. The zero-order valence-electron chi connectivity index (χ0n) is 12.9. The van der Waals surface area contributed by atoms with Crippen molar-refractivity contribution >= 4 is 17.5 Å². The minimum Gasteiger partial charge on any atom is -0.478 e. The molecule has 0 aliphatic heterocycles. The van der Waals surface area contributed by atoms with E-state index in [1.165, 1.54) is 0 Å². The first-order valence-electron chi connectivity index (χ1n) is 6.71. The van der Waals surface area contributed by atoms with Gasteiger partial charge in [-0.25, -0.2) is 4.79 Å². The zero-order chi connectivity index (χ0) is 15.7. The quantitative estimate of drug-likeness (QED) is 0.938. The van der Waals surface area contributed by atoms with Crippen molar-refractivity contribution in [3.63, 3.8) is 0 Å². The van der Waals surface area contributed by atoms with Crippen LogP contribution < -0.4 is 4.90 Å². The van der Waals surface area contributed by atoms with Crippen molar-refractivity contribution in [3.05, 3.63) is 46.1 Å². The lowest BCUT2D eigenvalue weighted by atomic mass is 10.1. The Balaban J connectivity index is 2.61. The Morgan fingerprint density at radius 2 is 1.81 bits per heavy atom. The van der Waals surface area contributed by atoms with Gasteiger partial charge in [-0.3, -0.25) is 0 Å². The Labute approximate surface area is 124 Å². The summed E-state index contributed by atoms with van der Waals surface area (Å²) >= 11 is 0. The molecule has 0 aliphatic rings. The first-order chi connectivity index (χ1) is 9.82. The fourth-order valence-corrected chi connectivity index (χ4v) is 2.38. The molecule has 1 aromatic heterocycles. The Morgan fingerprint density at radius 3 is 2.38 bits per heavy atom. The van der Waals surface area contributed by atoms with Crippen LogP contribution in [-0.4, -0.2) is 28.3 Å². The summed E-state index contributed by atoms with van der Waals surface area (Å²) < 4.78 is 0. The van der Waals surface area contributed by atoms with Crippen LogP contribution in [0.2, 0.25) is 0 Å². The number of benzene rings is 1. The van der Waals surface area contributed by atoms with Gasteiger partial charge in [0.05, 0.1) is 5.69 Å². The van der Waals surface area contributed by atoms with Gasteiger partial charge in [0.2, 0.25) is 0 Å². The molecule has 0 aliphatic carbocycles. The molecule has 0 fully saturated rings. The van der Waals surface area contributed by atoms with Crippen LogP contribution in [0.15, 0.2) is 18.2 Å². The van der Waals surface area contributed by atoms with E-state index < -0.39 is 5.97 Å². The number of carboxylic acids is 1. The molecule has 0 radical (unpaired) electrons. The first kappa shape index (κ1) is 15.0. The number of aryl methyl sites for hydroxylation is 3. The average molecular weight is 285 g/mol. The van der Waals surface area contributed by atoms with Gasteiger partial charge in [-0.2, -0.15) is 5.10 Å². The molecule has 110 valence electrons.